The molecule has 0 saturated carbocycles. The van der Waals surface area contributed by atoms with Gasteiger partial charge in [0.15, 0.2) is 0 Å². The van der Waals surface area contributed by atoms with Crippen LogP contribution >= 0.6 is 0 Å². The van der Waals surface area contributed by atoms with E-state index >= 15 is 0 Å². The number of carbonyl (C=O) groups excluding carboxylic acids is 2. The number of hydrogen-bond acceptors (Lipinski definition) is 5. The monoisotopic (exact) mass is 201 g/mol. The van der Waals surface area contributed by atoms with Crippen molar-refractivity contribution in [2.24, 2.45) is 0 Å². The molecule has 1 aliphatic rings. The van der Waals surface area contributed by atoms with Crippen LogP contribution in [0.1, 0.15) is 19.3 Å². The average Bonchev–Trinajstić information content (AvgIpc) is 2.15. The first kappa shape index (κ1) is 11.0. The highest BCUT2D eigenvalue weighted by molar-refractivity contribution is 5.83. The fourth-order valence-corrected chi connectivity index (χ4v) is 1.53. The van der Waals surface area contributed by atoms with Crippen LogP contribution in [0, 0.1) is 0 Å². The van der Waals surface area contributed by atoms with Gasteiger partial charge >= 0.3 is 11.9 Å². The standard InChI is InChI=1S/C9H15NO4/c1-13-7(11)3-4-9(5-6-10-9)8(12)14-2/h10H,3-6H2,1-2H3. The largest absolute Gasteiger partial charge is 0.469 e. The van der Waals surface area contributed by atoms with Crippen molar-refractivity contribution in [3.05, 3.63) is 0 Å². The third-order valence-corrected chi connectivity index (χ3v) is 2.57. The molecule has 1 atom stereocenters. The van der Waals surface area contributed by atoms with Crippen molar-refractivity contribution in [3.63, 3.8) is 0 Å². The van der Waals surface area contributed by atoms with E-state index in [9.17, 15) is 9.59 Å². The van der Waals surface area contributed by atoms with Crippen molar-refractivity contribution in [2.45, 2.75) is 24.8 Å². The lowest BCUT2D eigenvalue weighted by Crippen LogP contribution is -2.62. The van der Waals surface area contributed by atoms with Crippen LogP contribution in [-0.4, -0.2) is 38.2 Å². The number of carbonyl (C=O) groups is 2. The molecule has 1 heterocycles. The van der Waals surface area contributed by atoms with Gasteiger partial charge in [-0.1, -0.05) is 0 Å². The lowest BCUT2D eigenvalue weighted by molar-refractivity contribution is -0.153. The Morgan fingerprint density at radius 2 is 2.00 bits per heavy atom. The number of hydrogen-bond donors (Lipinski definition) is 1. The number of rotatable bonds is 4. The summed E-state index contributed by atoms with van der Waals surface area (Å²) in [6.45, 7) is 0.788. The Labute approximate surface area is 82.8 Å². The van der Waals surface area contributed by atoms with Crippen LogP contribution in [0.3, 0.4) is 0 Å². The first-order valence-electron chi connectivity index (χ1n) is 4.55. The highest BCUT2D eigenvalue weighted by Gasteiger charge is 2.44. The molecule has 5 nitrogen and oxygen atoms in total. The molecule has 1 aliphatic heterocycles. The minimum atomic E-state index is -0.650. The van der Waals surface area contributed by atoms with Crippen molar-refractivity contribution in [3.8, 4) is 0 Å². The van der Waals surface area contributed by atoms with Gasteiger partial charge in [-0.05, 0) is 19.4 Å². The fraction of sp³-hybridized carbons (Fsp3) is 0.778. The lowest BCUT2D eigenvalue weighted by Gasteiger charge is -2.40. The molecule has 0 amide bonds. The molecule has 0 aromatic carbocycles. The van der Waals surface area contributed by atoms with Gasteiger partial charge in [-0.2, -0.15) is 0 Å². The molecule has 5 heteroatoms. The van der Waals surface area contributed by atoms with Crippen LogP contribution in [-0.2, 0) is 19.1 Å². The third-order valence-electron chi connectivity index (χ3n) is 2.57. The normalized spacial score (nSPS) is 25.0. The highest BCUT2D eigenvalue weighted by atomic mass is 16.5. The molecule has 0 aliphatic carbocycles. The van der Waals surface area contributed by atoms with Crippen molar-refractivity contribution >= 4 is 11.9 Å². The quantitative estimate of drug-likeness (QED) is 0.640. The van der Waals surface area contributed by atoms with Crippen molar-refractivity contribution in [1.29, 1.82) is 0 Å². The van der Waals surface area contributed by atoms with Gasteiger partial charge in [0.25, 0.3) is 0 Å². The van der Waals surface area contributed by atoms with Crippen LogP contribution in [0.15, 0.2) is 0 Å². The summed E-state index contributed by atoms with van der Waals surface area (Å²) < 4.78 is 9.18. The minimum absolute atomic E-state index is 0.235. The number of esters is 2. The second-order valence-electron chi connectivity index (χ2n) is 3.33. The highest BCUT2D eigenvalue weighted by Crippen LogP contribution is 2.26. The van der Waals surface area contributed by atoms with Gasteiger partial charge in [0.1, 0.15) is 5.54 Å². The molecule has 1 saturated heterocycles. The van der Waals surface area contributed by atoms with Gasteiger partial charge in [-0.15, -0.1) is 0 Å². The SMILES string of the molecule is COC(=O)CCC1(C(=O)OC)CCN1. The molecule has 1 N–H and O–H groups in total. The molecular formula is C9H15NO4. The molecule has 0 aromatic rings. The van der Waals surface area contributed by atoms with Gasteiger partial charge in [0.05, 0.1) is 14.2 Å². The zero-order valence-corrected chi connectivity index (χ0v) is 8.46. The second kappa shape index (κ2) is 4.41. The summed E-state index contributed by atoms with van der Waals surface area (Å²) in [4.78, 5) is 22.3. The molecule has 1 rings (SSSR count). The maximum atomic E-state index is 11.4. The van der Waals surface area contributed by atoms with Gasteiger partial charge in [-0.25, -0.2) is 0 Å². The van der Waals surface area contributed by atoms with E-state index in [1.807, 2.05) is 0 Å². The number of methoxy groups -OCH3 is 2. The smallest absolute Gasteiger partial charge is 0.326 e. The Morgan fingerprint density at radius 3 is 2.36 bits per heavy atom. The van der Waals surface area contributed by atoms with Gasteiger partial charge in [0.2, 0.25) is 0 Å². The molecule has 1 fully saturated rings. The Morgan fingerprint density at radius 1 is 1.36 bits per heavy atom. The Kier molecular flexibility index (Phi) is 3.46. The average molecular weight is 201 g/mol. The van der Waals surface area contributed by atoms with Crippen LogP contribution in [0.4, 0.5) is 0 Å². The van der Waals surface area contributed by atoms with Crippen LogP contribution in [0.2, 0.25) is 0 Å². The molecule has 0 spiro atoms. The summed E-state index contributed by atoms with van der Waals surface area (Å²) in [6, 6.07) is 0. The first-order valence-corrected chi connectivity index (χ1v) is 4.55. The Hall–Kier alpha value is -1.10. The van der Waals surface area contributed by atoms with Crippen molar-refractivity contribution in [2.75, 3.05) is 20.8 Å². The molecule has 0 bridgehead atoms. The van der Waals surface area contributed by atoms with Gasteiger partial charge in [-0.3, -0.25) is 9.59 Å². The number of nitrogens with one attached hydrogen (secondary N) is 1. The van der Waals surface area contributed by atoms with Crippen LogP contribution < -0.4 is 5.32 Å². The topological polar surface area (TPSA) is 64.6 Å². The summed E-state index contributed by atoms with van der Waals surface area (Å²) in [6.07, 6.45) is 1.39. The summed E-state index contributed by atoms with van der Waals surface area (Å²) in [5.41, 5.74) is -0.650. The van der Waals surface area contributed by atoms with E-state index in [-0.39, 0.29) is 18.4 Å². The van der Waals surface area contributed by atoms with E-state index in [2.05, 4.69) is 14.8 Å². The van der Waals surface area contributed by atoms with Gasteiger partial charge < -0.3 is 14.8 Å². The fourth-order valence-electron chi connectivity index (χ4n) is 1.53. The van der Waals surface area contributed by atoms with Gasteiger partial charge in [0, 0.05) is 6.42 Å². The van der Waals surface area contributed by atoms with E-state index in [1.165, 1.54) is 14.2 Å². The molecule has 14 heavy (non-hydrogen) atoms. The predicted molar refractivity (Wildman–Crippen MR) is 48.6 cm³/mol. The van der Waals surface area contributed by atoms with Crippen molar-refractivity contribution < 1.29 is 19.1 Å². The zero-order chi connectivity index (χ0) is 10.6. The van der Waals surface area contributed by atoms with Crippen LogP contribution in [0.25, 0.3) is 0 Å². The van der Waals surface area contributed by atoms with Crippen molar-refractivity contribution in [1.82, 2.24) is 5.32 Å². The zero-order valence-electron chi connectivity index (χ0n) is 8.46. The summed E-state index contributed by atoms with van der Waals surface area (Å²) in [7, 11) is 2.68. The first-order chi connectivity index (χ1) is 6.64. The molecule has 0 aromatic heterocycles. The molecule has 80 valence electrons. The predicted octanol–water partition coefficient (Wildman–Crippen LogP) is -0.155. The third kappa shape index (κ3) is 2.04. The van der Waals surface area contributed by atoms with Crippen LogP contribution in [0.5, 0.6) is 0 Å². The molecule has 1 unspecified atom stereocenters. The van der Waals surface area contributed by atoms with E-state index in [0.29, 0.717) is 6.42 Å². The maximum Gasteiger partial charge on any atom is 0.326 e. The molecule has 0 radical (unpaired) electrons. The number of ether oxygens (including phenoxy) is 2. The second-order valence-corrected chi connectivity index (χ2v) is 3.33. The summed E-state index contributed by atoms with van der Waals surface area (Å²) in [5.74, 6) is -0.602. The minimum Gasteiger partial charge on any atom is -0.469 e. The van der Waals surface area contributed by atoms with E-state index in [0.717, 1.165) is 13.0 Å². The summed E-state index contributed by atoms with van der Waals surface area (Å²) >= 11 is 0. The Bertz CT molecular complexity index is 235. The Balaban J connectivity index is 2.46. The maximum absolute atomic E-state index is 11.4. The molecular weight excluding hydrogens is 186 g/mol. The summed E-state index contributed by atoms with van der Waals surface area (Å²) in [5, 5.41) is 3.01. The van der Waals surface area contributed by atoms with E-state index in [4.69, 9.17) is 0 Å². The lowest BCUT2D eigenvalue weighted by atomic mass is 9.83. The van der Waals surface area contributed by atoms with E-state index in [1.54, 1.807) is 0 Å². The van der Waals surface area contributed by atoms with E-state index < -0.39 is 5.54 Å².